The van der Waals surface area contributed by atoms with Crippen LogP contribution in [0, 0.1) is 5.92 Å². The molecule has 1 atom stereocenters. The number of benzene rings is 2. The molecule has 0 saturated carbocycles. The summed E-state index contributed by atoms with van der Waals surface area (Å²) in [5.74, 6) is 0.0174. The van der Waals surface area contributed by atoms with E-state index in [-0.39, 0.29) is 17.7 Å². The highest BCUT2D eigenvalue weighted by Gasteiger charge is 2.24. The number of anilines is 1. The van der Waals surface area contributed by atoms with Crippen LogP contribution < -0.4 is 11.1 Å². The summed E-state index contributed by atoms with van der Waals surface area (Å²) in [7, 11) is 0. The maximum atomic E-state index is 13.5. The maximum Gasteiger partial charge on any atom is 0.256 e. The van der Waals surface area contributed by atoms with Gasteiger partial charge in [0.05, 0.1) is 23.3 Å². The van der Waals surface area contributed by atoms with Crippen LogP contribution in [-0.2, 0) is 11.3 Å². The van der Waals surface area contributed by atoms with Crippen molar-refractivity contribution in [1.82, 2.24) is 9.88 Å². The minimum Gasteiger partial charge on any atom is -0.463 e. The topological polar surface area (TPSA) is 101 Å². The molecule has 3 heterocycles. The van der Waals surface area contributed by atoms with Gasteiger partial charge < -0.3 is 15.5 Å². The van der Waals surface area contributed by atoms with Crippen molar-refractivity contribution in [3.63, 3.8) is 0 Å². The van der Waals surface area contributed by atoms with Crippen LogP contribution >= 0.6 is 0 Å². The molecule has 7 heteroatoms. The van der Waals surface area contributed by atoms with Gasteiger partial charge in [0, 0.05) is 24.2 Å². The maximum absolute atomic E-state index is 13.5. The van der Waals surface area contributed by atoms with E-state index in [0.29, 0.717) is 30.1 Å². The summed E-state index contributed by atoms with van der Waals surface area (Å²) in [6, 6.07) is 20.7. The molecule has 2 aromatic heterocycles. The van der Waals surface area contributed by atoms with E-state index < -0.39 is 0 Å². The van der Waals surface area contributed by atoms with Gasteiger partial charge in [0.25, 0.3) is 5.91 Å². The number of carbonyl (C=O) groups is 2. The van der Waals surface area contributed by atoms with Gasteiger partial charge in [-0.1, -0.05) is 36.4 Å². The van der Waals surface area contributed by atoms with Gasteiger partial charge in [-0.2, -0.15) is 0 Å². The summed E-state index contributed by atoms with van der Waals surface area (Å²) in [4.78, 5) is 32.0. The molecule has 0 bridgehead atoms. The van der Waals surface area contributed by atoms with Gasteiger partial charge in [-0.15, -0.1) is 0 Å². The number of hydrogen-bond donors (Lipinski definition) is 2. The number of primary amides is 1. The van der Waals surface area contributed by atoms with E-state index in [4.69, 9.17) is 10.2 Å². The van der Waals surface area contributed by atoms with Crippen molar-refractivity contribution >= 4 is 28.4 Å². The third-order valence-electron chi connectivity index (χ3n) is 6.30. The van der Waals surface area contributed by atoms with Gasteiger partial charge in [-0.3, -0.25) is 14.5 Å². The third kappa shape index (κ3) is 4.56. The van der Waals surface area contributed by atoms with E-state index in [1.165, 1.54) is 0 Å². The molecule has 34 heavy (non-hydrogen) atoms. The Morgan fingerprint density at radius 2 is 1.91 bits per heavy atom. The first-order valence-corrected chi connectivity index (χ1v) is 11.4. The number of rotatable bonds is 6. The monoisotopic (exact) mass is 454 g/mol. The first kappa shape index (κ1) is 21.9. The lowest BCUT2D eigenvalue weighted by Crippen LogP contribution is -2.40. The van der Waals surface area contributed by atoms with Crippen LogP contribution in [0.5, 0.6) is 0 Å². The number of para-hydroxylation sites is 2. The zero-order chi connectivity index (χ0) is 23.5. The summed E-state index contributed by atoms with van der Waals surface area (Å²) < 4.78 is 5.52. The van der Waals surface area contributed by atoms with Crippen molar-refractivity contribution in [3.8, 4) is 11.5 Å². The zero-order valence-electron chi connectivity index (χ0n) is 18.7. The minimum absolute atomic E-state index is 0.126. The summed E-state index contributed by atoms with van der Waals surface area (Å²) in [5.41, 5.74) is 9.13. The molecule has 0 radical (unpaired) electrons. The molecule has 1 aliphatic rings. The molecule has 1 fully saturated rings. The Labute approximate surface area is 197 Å². The van der Waals surface area contributed by atoms with Crippen molar-refractivity contribution in [3.05, 3.63) is 84.1 Å². The van der Waals surface area contributed by atoms with Crippen LogP contribution in [0.4, 0.5) is 5.69 Å². The fraction of sp³-hybridized carbons (Fsp3) is 0.222. The van der Waals surface area contributed by atoms with E-state index in [9.17, 15) is 9.59 Å². The minimum atomic E-state index is -0.247. The summed E-state index contributed by atoms with van der Waals surface area (Å²) in [6.45, 7) is 2.17. The molecule has 1 aliphatic heterocycles. The van der Waals surface area contributed by atoms with E-state index in [2.05, 4.69) is 15.2 Å². The molecule has 1 saturated heterocycles. The Bertz CT molecular complexity index is 1330. The molecule has 0 spiro atoms. The number of hydrogen-bond acceptors (Lipinski definition) is 5. The van der Waals surface area contributed by atoms with Crippen molar-refractivity contribution in [1.29, 1.82) is 0 Å². The average molecular weight is 455 g/mol. The highest BCUT2D eigenvalue weighted by atomic mass is 16.3. The van der Waals surface area contributed by atoms with Gasteiger partial charge in [0.15, 0.2) is 5.76 Å². The lowest BCUT2D eigenvalue weighted by Gasteiger charge is -2.31. The zero-order valence-corrected chi connectivity index (χ0v) is 18.7. The predicted molar refractivity (Wildman–Crippen MR) is 131 cm³/mol. The Kier molecular flexibility index (Phi) is 6.10. The number of likely N-dealkylation sites (tertiary alicyclic amines) is 1. The molecule has 7 nitrogen and oxygen atoms in total. The molecule has 5 rings (SSSR count). The van der Waals surface area contributed by atoms with Gasteiger partial charge in [-0.25, -0.2) is 4.98 Å². The van der Waals surface area contributed by atoms with Crippen LogP contribution in [0.1, 0.15) is 28.8 Å². The summed E-state index contributed by atoms with van der Waals surface area (Å²) >= 11 is 0. The molecule has 0 aliphatic carbocycles. The van der Waals surface area contributed by atoms with Crippen LogP contribution in [0.25, 0.3) is 22.4 Å². The number of amides is 2. The quantitative estimate of drug-likeness (QED) is 0.448. The molecule has 172 valence electrons. The lowest BCUT2D eigenvalue weighted by molar-refractivity contribution is -0.123. The van der Waals surface area contributed by atoms with Gasteiger partial charge in [0.1, 0.15) is 5.69 Å². The second-order valence-electron chi connectivity index (χ2n) is 8.64. The first-order chi connectivity index (χ1) is 16.6. The number of furan rings is 1. The Morgan fingerprint density at radius 1 is 1.09 bits per heavy atom. The van der Waals surface area contributed by atoms with Crippen molar-refractivity contribution < 1.29 is 14.0 Å². The van der Waals surface area contributed by atoms with Crippen molar-refractivity contribution in [2.75, 3.05) is 18.4 Å². The van der Waals surface area contributed by atoms with Crippen LogP contribution in [0.2, 0.25) is 0 Å². The molecule has 2 amide bonds. The van der Waals surface area contributed by atoms with E-state index in [0.717, 1.165) is 41.5 Å². The highest BCUT2D eigenvalue weighted by molar-refractivity contribution is 6.13. The standard InChI is InChI=1S/C27H26N4O3/c28-26(32)19-8-5-13-31(17-19)16-18-7-1-3-10-22(18)30-27(33)21-15-24(25-12-6-14-34-25)29-23-11-4-2-9-20(21)23/h1-4,6-7,9-12,14-15,19H,5,8,13,16-17H2,(H2,28,32)(H,30,33). The Morgan fingerprint density at radius 3 is 2.74 bits per heavy atom. The molecule has 1 unspecified atom stereocenters. The largest absolute Gasteiger partial charge is 0.463 e. The number of aromatic nitrogens is 1. The second-order valence-corrected chi connectivity index (χ2v) is 8.64. The van der Waals surface area contributed by atoms with Crippen LogP contribution in [0.15, 0.2) is 77.4 Å². The number of piperidine rings is 1. The van der Waals surface area contributed by atoms with Gasteiger partial charge in [-0.05, 0) is 55.3 Å². The van der Waals surface area contributed by atoms with E-state index in [1.807, 2.05) is 54.6 Å². The molecular weight excluding hydrogens is 428 g/mol. The van der Waals surface area contributed by atoms with Crippen LogP contribution in [0.3, 0.4) is 0 Å². The number of pyridine rings is 1. The highest BCUT2D eigenvalue weighted by Crippen LogP contribution is 2.27. The lowest BCUT2D eigenvalue weighted by atomic mass is 9.97. The normalized spacial score (nSPS) is 16.4. The van der Waals surface area contributed by atoms with Gasteiger partial charge >= 0.3 is 0 Å². The fourth-order valence-corrected chi connectivity index (χ4v) is 4.56. The average Bonchev–Trinajstić information content (AvgIpc) is 3.40. The third-order valence-corrected chi connectivity index (χ3v) is 6.30. The number of fused-ring (bicyclic) bond motifs is 1. The second kappa shape index (κ2) is 9.49. The predicted octanol–water partition coefficient (Wildman–Crippen LogP) is 4.44. The smallest absolute Gasteiger partial charge is 0.256 e. The number of nitrogens with two attached hydrogens (primary N) is 1. The van der Waals surface area contributed by atoms with Gasteiger partial charge in [0.2, 0.25) is 5.91 Å². The number of carbonyl (C=O) groups excluding carboxylic acids is 2. The Hall–Kier alpha value is -3.97. The SMILES string of the molecule is NC(=O)C1CCCN(Cc2ccccc2NC(=O)c2cc(-c3ccco3)nc3ccccc23)C1. The molecule has 4 aromatic rings. The molecule has 2 aromatic carbocycles. The van der Waals surface area contributed by atoms with Crippen LogP contribution in [-0.4, -0.2) is 34.8 Å². The molecular formula is C27H26N4O3. The van der Waals surface area contributed by atoms with E-state index in [1.54, 1.807) is 18.4 Å². The fourth-order valence-electron chi connectivity index (χ4n) is 4.56. The molecule has 3 N–H and O–H groups in total. The first-order valence-electron chi connectivity index (χ1n) is 11.4. The summed E-state index contributed by atoms with van der Waals surface area (Å²) in [6.07, 6.45) is 3.35. The Balaban J connectivity index is 1.43. The van der Waals surface area contributed by atoms with Crippen molar-refractivity contribution in [2.24, 2.45) is 11.7 Å². The summed E-state index contributed by atoms with van der Waals surface area (Å²) in [5, 5.41) is 3.87. The van der Waals surface area contributed by atoms with Crippen molar-refractivity contribution in [2.45, 2.75) is 19.4 Å². The number of nitrogens with zero attached hydrogens (tertiary/aromatic N) is 2. The number of nitrogens with one attached hydrogen (secondary N) is 1. The van der Waals surface area contributed by atoms with E-state index >= 15 is 0 Å².